The number of hydrogen-bond acceptors (Lipinski definition) is 3. The molecule has 2 aromatic carbocycles. The lowest BCUT2D eigenvalue weighted by Gasteiger charge is -2.15. The highest BCUT2D eigenvalue weighted by atomic mass is 16.5. The normalized spacial score (nSPS) is 10.4. The second kappa shape index (κ2) is 7.86. The number of carbonyl (C=O) groups is 1. The molecule has 0 aliphatic carbocycles. The SMILES string of the molecule is CCc1cccc(C)c1NC(=O)Cc1cc(OC)c(OC)cc1C. The summed E-state index contributed by atoms with van der Waals surface area (Å²) in [4.78, 5) is 12.5. The molecule has 0 spiro atoms. The van der Waals surface area contributed by atoms with Gasteiger partial charge in [0.25, 0.3) is 0 Å². The van der Waals surface area contributed by atoms with Gasteiger partial charge in [-0.05, 0) is 54.7 Å². The van der Waals surface area contributed by atoms with Crippen LogP contribution in [0.5, 0.6) is 11.5 Å². The zero-order valence-electron chi connectivity index (χ0n) is 15.0. The summed E-state index contributed by atoms with van der Waals surface area (Å²) >= 11 is 0. The van der Waals surface area contributed by atoms with E-state index in [1.807, 2.05) is 44.2 Å². The molecule has 0 saturated carbocycles. The van der Waals surface area contributed by atoms with Crippen molar-refractivity contribution in [2.24, 2.45) is 0 Å². The zero-order chi connectivity index (χ0) is 17.7. The lowest BCUT2D eigenvalue weighted by molar-refractivity contribution is -0.115. The van der Waals surface area contributed by atoms with Crippen LogP contribution in [0.4, 0.5) is 5.69 Å². The minimum absolute atomic E-state index is 0.0330. The van der Waals surface area contributed by atoms with E-state index in [0.29, 0.717) is 17.9 Å². The van der Waals surface area contributed by atoms with Crippen LogP contribution in [0.2, 0.25) is 0 Å². The molecule has 2 aromatic rings. The quantitative estimate of drug-likeness (QED) is 0.870. The summed E-state index contributed by atoms with van der Waals surface area (Å²) in [6, 6.07) is 9.84. The van der Waals surface area contributed by atoms with Gasteiger partial charge in [0.05, 0.1) is 20.6 Å². The van der Waals surface area contributed by atoms with E-state index in [1.165, 1.54) is 0 Å². The Kier molecular flexibility index (Phi) is 5.85. The number of rotatable bonds is 6. The topological polar surface area (TPSA) is 47.6 Å². The first-order valence-corrected chi connectivity index (χ1v) is 8.10. The Morgan fingerprint density at radius 1 is 1.00 bits per heavy atom. The number of carbonyl (C=O) groups excluding carboxylic acids is 1. The number of aryl methyl sites for hydroxylation is 3. The van der Waals surface area contributed by atoms with Crippen molar-refractivity contribution in [2.45, 2.75) is 33.6 Å². The van der Waals surface area contributed by atoms with E-state index in [0.717, 1.165) is 34.4 Å². The molecule has 0 fully saturated rings. The van der Waals surface area contributed by atoms with Gasteiger partial charge in [0.15, 0.2) is 11.5 Å². The van der Waals surface area contributed by atoms with E-state index >= 15 is 0 Å². The Balaban J connectivity index is 2.22. The van der Waals surface area contributed by atoms with E-state index in [4.69, 9.17) is 9.47 Å². The third-order valence-electron chi connectivity index (χ3n) is 4.20. The fraction of sp³-hybridized carbons (Fsp3) is 0.350. The highest BCUT2D eigenvalue weighted by Gasteiger charge is 2.13. The molecule has 4 heteroatoms. The maximum absolute atomic E-state index is 12.5. The Hall–Kier alpha value is -2.49. The van der Waals surface area contributed by atoms with Gasteiger partial charge in [-0.15, -0.1) is 0 Å². The van der Waals surface area contributed by atoms with Crippen LogP contribution in [-0.2, 0) is 17.6 Å². The van der Waals surface area contributed by atoms with Gasteiger partial charge in [0.2, 0.25) is 5.91 Å². The van der Waals surface area contributed by atoms with Crippen LogP contribution in [0.3, 0.4) is 0 Å². The summed E-state index contributed by atoms with van der Waals surface area (Å²) in [5.41, 5.74) is 5.07. The van der Waals surface area contributed by atoms with Crippen LogP contribution in [0.15, 0.2) is 30.3 Å². The van der Waals surface area contributed by atoms with Crippen molar-refractivity contribution < 1.29 is 14.3 Å². The molecule has 128 valence electrons. The molecule has 1 amide bonds. The smallest absolute Gasteiger partial charge is 0.228 e. The van der Waals surface area contributed by atoms with Crippen molar-refractivity contribution in [2.75, 3.05) is 19.5 Å². The molecule has 0 radical (unpaired) electrons. The van der Waals surface area contributed by atoms with Gasteiger partial charge in [-0.25, -0.2) is 0 Å². The van der Waals surface area contributed by atoms with Crippen molar-refractivity contribution in [3.8, 4) is 11.5 Å². The molecule has 0 unspecified atom stereocenters. The van der Waals surface area contributed by atoms with Gasteiger partial charge in [0, 0.05) is 5.69 Å². The van der Waals surface area contributed by atoms with Crippen LogP contribution in [0, 0.1) is 13.8 Å². The first kappa shape index (κ1) is 17.9. The standard InChI is InChI=1S/C20H25NO3/c1-6-15-9-7-8-13(2)20(15)21-19(22)12-16-11-18(24-5)17(23-4)10-14(16)3/h7-11H,6,12H2,1-5H3,(H,21,22). The summed E-state index contributed by atoms with van der Waals surface area (Å²) in [7, 11) is 3.20. The summed E-state index contributed by atoms with van der Waals surface area (Å²) in [6.45, 7) is 6.06. The minimum Gasteiger partial charge on any atom is -0.493 e. The van der Waals surface area contributed by atoms with E-state index < -0.39 is 0 Å². The van der Waals surface area contributed by atoms with Gasteiger partial charge in [-0.3, -0.25) is 4.79 Å². The number of methoxy groups -OCH3 is 2. The molecule has 0 atom stereocenters. The van der Waals surface area contributed by atoms with Gasteiger partial charge in [-0.2, -0.15) is 0 Å². The number of hydrogen-bond donors (Lipinski definition) is 1. The molecule has 0 heterocycles. The van der Waals surface area contributed by atoms with Crippen molar-refractivity contribution in [3.63, 3.8) is 0 Å². The zero-order valence-corrected chi connectivity index (χ0v) is 15.0. The molecule has 0 bridgehead atoms. The van der Waals surface area contributed by atoms with E-state index in [2.05, 4.69) is 12.2 Å². The first-order chi connectivity index (χ1) is 11.5. The van der Waals surface area contributed by atoms with E-state index in [9.17, 15) is 4.79 Å². The Bertz CT molecular complexity index is 738. The van der Waals surface area contributed by atoms with Crippen LogP contribution >= 0.6 is 0 Å². The Morgan fingerprint density at radius 3 is 2.29 bits per heavy atom. The molecule has 0 aliphatic rings. The summed E-state index contributed by atoms with van der Waals surface area (Å²) < 4.78 is 10.6. The second-order valence-electron chi connectivity index (χ2n) is 5.82. The number of anilines is 1. The first-order valence-electron chi connectivity index (χ1n) is 8.10. The molecule has 0 saturated heterocycles. The van der Waals surface area contributed by atoms with Gasteiger partial charge >= 0.3 is 0 Å². The largest absolute Gasteiger partial charge is 0.493 e. The third-order valence-corrected chi connectivity index (χ3v) is 4.20. The molecule has 24 heavy (non-hydrogen) atoms. The fourth-order valence-corrected chi connectivity index (χ4v) is 2.77. The Labute approximate surface area is 143 Å². The van der Waals surface area contributed by atoms with Crippen LogP contribution < -0.4 is 14.8 Å². The predicted octanol–water partition coefficient (Wildman–Crippen LogP) is 4.06. The Morgan fingerprint density at radius 2 is 1.67 bits per heavy atom. The molecule has 4 nitrogen and oxygen atoms in total. The highest BCUT2D eigenvalue weighted by Crippen LogP contribution is 2.30. The minimum atomic E-state index is -0.0330. The highest BCUT2D eigenvalue weighted by molar-refractivity contribution is 5.94. The predicted molar refractivity (Wildman–Crippen MR) is 97.2 cm³/mol. The van der Waals surface area contributed by atoms with Gasteiger partial charge in [0.1, 0.15) is 0 Å². The number of ether oxygens (including phenoxy) is 2. The van der Waals surface area contributed by atoms with Crippen LogP contribution in [0.1, 0.15) is 29.2 Å². The molecule has 1 N–H and O–H groups in total. The van der Waals surface area contributed by atoms with Crippen molar-refractivity contribution in [1.29, 1.82) is 0 Å². The number of amides is 1. The second-order valence-corrected chi connectivity index (χ2v) is 5.82. The maximum atomic E-state index is 12.5. The lowest BCUT2D eigenvalue weighted by Crippen LogP contribution is -2.17. The van der Waals surface area contributed by atoms with Gasteiger partial charge in [-0.1, -0.05) is 25.1 Å². The summed E-state index contributed by atoms with van der Waals surface area (Å²) in [6.07, 6.45) is 1.18. The molecule has 0 aliphatic heterocycles. The average molecular weight is 327 g/mol. The molecule has 2 rings (SSSR count). The average Bonchev–Trinajstić information content (AvgIpc) is 2.58. The monoisotopic (exact) mass is 327 g/mol. The van der Waals surface area contributed by atoms with Crippen molar-refractivity contribution in [3.05, 3.63) is 52.6 Å². The summed E-state index contributed by atoms with van der Waals surface area (Å²) in [5.74, 6) is 1.27. The van der Waals surface area contributed by atoms with Crippen LogP contribution in [0.25, 0.3) is 0 Å². The van der Waals surface area contributed by atoms with E-state index in [-0.39, 0.29) is 5.91 Å². The molecule has 0 aromatic heterocycles. The molecular formula is C20H25NO3. The molecular weight excluding hydrogens is 302 g/mol. The number of nitrogens with one attached hydrogen (secondary N) is 1. The van der Waals surface area contributed by atoms with E-state index in [1.54, 1.807) is 14.2 Å². The lowest BCUT2D eigenvalue weighted by atomic mass is 10.0. The third kappa shape index (κ3) is 3.88. The van der Waals surface area contributed by atoms with Crippen molar-refractivity contribution >= 4 is 11.6 Å². The number of benzene rings is 2. The van der Waals surface area contributed by atoms with Crippen LogP contribution in [-0.4, -0.2) is 20.1 Å². The summed E-state index contributed by atoms with van der Waals surface area (Å²) in [5, 5.41) is 3.06. The number of para-hydroxylation sites is 1. The fourth-order valence-electron chi connectivity index (χ4n) is 2.77. The maximum Gasteiger partial charge on any atom is 0.228 e. The van der Waals surface area contributed by atoms with Gasteiger partial charge < -0.3 is 14.8 Å². The van der Waals surface area contributed by atoms with Crippen molar-refractivity contribution in [1.82, 2.24) is 0 Å².